The molecule has 0 radical (unpaired) electrons. The molecule has 19 heavy (non-hydrogen) atoms. The molecule has 0 aromatic heterocycles. The molecule has 3 nitrogen and oxygen atoms in total. The average molecular weight is 262 g/mol. The van der Waals surface area contributed by atoms with Crippen LogP contribution in [0.15, 0.2) is 24.3 Å². The van der Waals surface area contributed by atoms with Crippen LogP contribution in [-0.4, -0.2) is 37.2 Å². The normalized spacial score (nSPS) is 28.3. The zero-order chi connectivity index (χ0) is 13.8. The van der Waals surface area contributed by atoms with Gasteiger partial charge < -0.3 is 10.5 Å². The Kier molecular flexibility index (Phi) is 4.83. The van der Waals surface area contributed by atoms with Gasteiger partial charge in [-0.15, -0.1) is 0 Å². The molecule has 0 saturated carbocycles. The first-order chi connectivity index (χ1) is 9.11. The fourth-order valence-electron chi connectivity index (χ4n) is 2.85. The van der Waals surface area contributed by atoms with Crippen LogP contribution in [0.5, 0.6) is 5.75 Å². The van der Waals surface area contributed by atoms with Gasteiger partial charge in [0.1, 0.15) is 5.75 Å². The molecule has 1 heterocycles. The summed E-state index contributed by atoms with van der Waals surface area (Å²) in [7, 11) is 1.70. The van der Waals surface area contributed by atoms with Gasteiger partial charge in [-0.05, 0) is 49.9 Å². The van der Waals surface area contributed by atoms with Crippen LogP contribution in [0.25, 0.3) is 0 Å². The molecule has 1 aromatic carbocycles. The number of benzene rings is 1. The lowest BCUT2D eigenvalue weighted by Crippen LogP contribution is -2.52. The molecule has 106 valence electrons. The van der Waals surface area contributed by atoms with E-state index in [-0.39, 0.29) is 0 Å². The van der Waals surface area contributed by atoms with Crippen LogP contribution in [0.2, 0.25) is 0 Å². The third kappa shape index (κ3) is 3.48. The molecule has 3 heteroatoms. The van der Waals surface area contributed by atoms with Crippen LogP contribution in [0.3, 0.4) is 0 Å². The van der Waals surface area contributed by atoms with Crippen molar-refractivity contribution in [3.8, 4) is 5.75 Å². The number of hydrogen-bond acceptors (Lipinski definition) is 3. The monoisotopic (exact) mass is 262 g/mol. The number of nitrogens with zero attached hydrogens (tertiary/aromatic N) is 1. The highest BCUT2D eigenvalue weighted by Gasteiger charge is 2.29. The van der Waals surface area contributed by atoms with E-state index < -0.39 is 0 Å². The molecule has 1 aliphatic heterocycles. The molecular formula is C16H26N2O. The second-order valence-corrected chi connectivity index (χ2v) is 5.69. The Morgan fingerprint density at radius 3 is 2.58 bits per heavy atom. The van der Waals surface area contributed by atoms with E-state index in [2.05, 4.69) is 30.9 Å². The number of piperidine rings is 1. The standard InChI is InChI=1S/C16H26N2O/c1-12-13(2)18(11-9-16(12)17)10-8-14-4-6-15(19-3)7-5-14/h4-7,12-13,16H,8-11,17H2,1-3H3. The first kappa shape index (κ1) is 14.4. The van der Waals surface area contributed by atoms with Crippen molar-refractivity contribution >= 4 is 0 Å². The van der Waals surface area contributed by atoms with E-state index in [4.69, 9.17) is 10.5 Å². The maximum Gasteiger partial charge on any atom is 0.118 e. The fraction of sp³-hybridized carbons (Fsp3) is 0.625. The summed E-state index contributed by atoms with van der Waals surface area (Å²) in [4.78, 5) is 2.57. The van der Waals surface area contributed by atoms with Crippen LogP contribution in [0.4, 0.5) is 0 Å². The maximum atomic E-state index is 6.13. The Morgan fingerprint density at radius 2 is 1.95 bits per heavy atom. The molecule has 3 atom stereocenters. The lowest BCUT2D eigenvalue weighted by atomic mass is 9.87. The third-order valence-electron chi connectivity index (χ3n) is 4.61. The number of methoxy groups -OCH3 is 1. The highest BCUT2D eigenvalue weighted by atomic mass is 16.5. The Balaban J connectivity index is 1.87. The fourth-order valence-corrected chi connectivity index (χ4v) is 2.85. The van der Waals surface area contributed by atoms with Crippen molar-refractivity contribution in [3.63, 3.8) is 0 Å². The van der Waals surface area contributed by atoms with Gasteiger partial charge in [-0.2, -0.15) is 0 Å². The lowest BCUT2D eigenvalue weighted by molar-refractivity contribution is 0.0993. The highest BCUT2D eigenvalue weighted by Crippen LogP contribution is 2.22. The van der Waals surface area contributed by atoms with Crippen molar-refractivity contribution in [1.82, 2.24) is 4.90 Å². The van der Waals surface area contributed by atoms with Gasteiger partial charge in [0.15, 0.2) is 0 Å². The summed E-state index contributed by atoms with van der Waals surface area (Å²) in [5, 5.41) is 0. The number of likely N-dealkylation sites (tertiary alicyclic amines) is 1. The summed E-state index contributed by atoms with van der Waals surface area (Å²) in [6.07, 6.45) is 2.21. The predicted octanol–water partition coefficient (Wildman–Crippen LogP) is 2.30. The minimum absolute atomic E-state index is 0.368. The molecule has 0 bridgehead atoms. The van der Waals surface area contributed by atoms with E-state index in [1.165, 1.54) is 5.56 Å². The Morgan fingerprint density at radius 1 is 1.26 bits per heavy atom. The molecule has 0 spiro atoms. The van der Waals surface area contributed by atoms with Crippen LogP contribution in [0.1, 0.15) is 25.8 Å². The predicted molar refractivity (Wildman–Crippen MR) is 79.5 cm³/mol. The van der Waals surface area contributed by atoms with E-state index in [9.17, 15) is 0 Å². The van der Waals surface area contributed by atoms with E-state index in [1.54, 1.807) is 7.11 Å². The molecule has 1 fully saturated rings. The van der Waals surface area contributed by atoms with Gasteiger partial charge in [0.2, 0.25) is 0 Å². The van der Waals surface area contributed by atoms with Gasteiger partial charge in [-0.25, -0.2) is 0 Å². The Hall–Kier alpha value is -1.06. The summed E-state index contributed by atoms with van der Waals surface area (Å²) in [5.74, 6) is 1.51. The van der Waals surface area contributed by atoms with Gasteiger partial charge in [0.25, 0.3) is 0 Å². The zero-order valence-corrected chi connectivity index (χ0v) is 12.3. The molecule has 3 unspecified atom stereocenters. The van der Waals surface area contributed by atoms with Crippen LogP contribution >= 0.6 is 0 Å². The van der Waals surface area contributed by atoms with Gasteiger partial charge in [0, 0.05) is 18.6 Å². The number of rotatable bonds is 4. The highest BCUT2D eigenvalue weighted by molar-refractivity contribution is 5.27. The smallest absolute Gasteiger partial charge is 0.118 e. The molecule has 1 aliphatic rings. The van der Waals surface area contributed by atoms with Crippen molar-refractivity contribution in [1.29, 1.82) is 0 Å². The van der Waals surface area contributed by atoms with Crippen molar-refractivity contribution in [3.05, 3.63) is 29.8 Å². The van der Waals surface area contributed by atoms with Gasteiger partial charge in [-0.3, -0.25) is 4.90 Å². The van der Waals surface area contributed by atoms with Gasteiger partial charge >= 0.3 is 0 Å². The van der Waals surface area contributed by atoms with Crippen molar-refractivity contribution < 1.29 is 4.74 Å². The summed E-state index contributed by atoms with van der Waals surface area (Å²) in [5.41, 5.74) is 7.50. The largest absolute Gasteiger partial charge is 0.497 e. The minimum Gasteiger partial charge on any atom is -0.497 e. The van der Waals surface area contributed by atoms with Crippen molar-refractivity contribution in [2.75, 3.05) is 20.2 Å². The summed E-state index contributed by atoms with van der Waals surface area (Å²) in [6.45, 7) is 6.82. The number of nitrogens with two attached hydrogens (primary N) is 1. The molecule has 1 aromatic rings. The van der Waals surface area contributed by atoms with Crippen molar-refractivity contribution in [2.24, 2.45) is 11.7 Å². The van der Waals surface area contributed by atoms with Crippen LogP contribution in [0, 0.1) is 5.92 Å². The van der Waals surface area contributed by atoms with E-state index in [0.717, 1.165) is 31.7 Å². The summed E-state index contributed by atoms with van der Waals surface area (Å²) >= 11 is 0. The molecule has 0 aliphatic carbocycles. The molecule has 2 rings (SSSR count). The SMILES string of the molecule is COc1ccc(CCN2CCC(N)C(C)C2C)cc1. The topological polar surface area (TPSA) is 38.5 Å². The van der Waals surface area contributed by atoms with E-state index >= 15 is 0 Å². The minimum atomic E-state index is 0.368. The van der Waals surface area contributed by atoms with Crippen molar-refractivity contribution in [2.45, 2.75) is 38.8 Å². The first-order valence-corrected chi connectivity index (χ1v) is 7.24. The van der Waals surface area contributed by atoms with Crippen LogP contribution < -0.4 is 10.5 Å². The first-order valence-electron chi connectivity index (χ1n) is 7.24. The summed E-state index contributed by atoms with van der Waals surface area (Å²) in [6, 6.07) is 9.33. The molecular weight excluding hydrogens is 236 g/mol. The Bertz CT molecular complexity index is 390. The second kappa shape index (κ2) is 6.40. The molecule has 1 saturated heterocycles. The number of hydrogen-bond donors (Lipinski definition) is 1. The number of ether oxygens (including phenoxy) is 1. The summed E-state index contributed by atoms with van der Waals surface area (Å²) < 4.78 is 5.18. The van der Waals surface area contributed by atoms with E-state index in [1.807, 2.05) is 12.1 Å². The quantitative estimate of drug-likeness (QED) is 0.905. The Labute approximate surface area is 116 Å². The lowest BCUT2D eigenvalue weighted by Gasteiger charge is -2.41. The molecule has 0 amide bonds. The van der Waals surface area contributed by atoms with Crippen LogP contribution in [-0.2, 0) is 6.42 Å². The van der Waals surface area contributed by atoms with Gasteiger partial charge in [0.05, 0.1) is 7.11 Å². The maximum absolute atomic E-state index is 6.13. The third-order valence-corrected chi connectivity index (χ3v) is 4.61. The zero-order valence-electron chi connectivity index (χ0n) is 12.3. The van der Waals surface area contributed by atoms with E-state index in [0.29, 0.717) is 18.0 Å². The van der Waals surface area contributed by atoms with Gasteiger partial charge in [-0.1, -0.05) is 19.1 Å². The average Bonchev–Trinajstić information content (AvgIpc) is 2.45. The second-order valence-electron chi connectivity index (χ2n) is 5.69. The molecule has 2 N–H and O–H groups in total.